The van der Waals surface area contributed by atoms with Gasteiger partial charge in [-0.3, -0.25) is 4.79 Å². The number of carbonyl (C=O) groups excluding carboxylic acids is 1. The van der Waals surface area contributed by atoms with E-state index >= 15 is 0 Å². The topological polar surface area (TPSA) is 41.1 Å². The normalized spacial score (nSPS) is 10.7. The zero-order chi connectivity index (χ0) is 13.4. The molecule has 0 aliphatic carbocycles. The fourth-order valence-corrected chi connectivity index (χ4v) is 1.57. The van der Waals surface area contributed by atoms with Crippen LogP contribution in [0.15, 0.2) is 24.3 Å². The minimum Gasteiger partial charge on any atom is -0.356 e. The Morgan fingerprint density at radius 1 is 1.28 bits per heavy atom. The first-order valence-corrected chi connectivity index (χ1v) is 6.67. The number of benzene rings is 1. The monoisotopic (exact) mass is 268 g/mol. The number of carbonyl (C=O) groups is 1. The number of amides is 1. The van der Waals surface area contributed by atoms with Crippen LogP contribution in [0.1, 0.15) is 25.8 Å². The van der Waals surface area contributed by atoms with E-state index in [1.165, 1.54) is 5.56 Å². The van der Waals surface area contributed by atoms with Crippen LogP contribution in [0.2, 0.25) is 5.02 Å². The van der Waals surface area contributed by atoms with E-state index in [4.69, 9.17) is 11.6 Å². The molecule has 0 saturated carbocycles. The standard InChI is InChI=1S/C14H21ClN2O/c1-11(2)9-17-14(18)7-8-16-10-12-3-5-13(15)6-4-12/h3-6,11,16H,7-10H2,1-2H3,(H,17,18). The van der Waals surface area contributed by atoms with E-state index < -0.39 is 0 Å². The molecule has 0 atom stereocenters. The Hall–Kier alpha value is -1.06. The smallest absolute Gasteiger partial charge is 0.221 e. The van der Waals surface area contributed by atoms with Crippen molar-refractivity contribution in [3.63, 3.8) is 0 Å². The molecule has 1 amide bonds. The molecule has 1 aromatic rings. The molecule has 100 valence electrons. The minimum absolute atomic E-state index is 0.104. The van der Waals surface area contributed by atoms with Crippen molar-refractivity contribution in [2.45, 2.75) is 26.8 Å². The summed E-state index contributed by atoms with van der Waals surface area (Å²) in [6.07, 6.45) is 0.514. The summed E-state index contributed by atoms with van der Waals surface area (Å²) < 4.78 is 0. The molecule has 0 aliphatic heterocycles. The molecule has 0 aromatic heterocycles. The van der Waals surface area contributed by atoms with Crippen molar-refractivity contribution in [1.82, 2.24) is 10.6 Å². The van der Waals surface area contributed by atoms with Crippen molar-refractivity contribution in [3.05, 3.63) is 34.9 Å². The summed E-state index contributed by atoms with van der Waals surface area (Å²) in [5.74, 6) is 0.600. The highest BCUT2D eigenvalue weighted by Gasteiger charge is 2.01. The van der Waals surface area contributed by atoms with Crippen molar-refractivity contribution in [3.8, 4) is 0 Å². The van der Waals surface area contributed by atoms with Crippen LogP contribution in [0.25, 0.3) is 0 Å². The molecule has 2 N–H and O–H groups in total. The Labute approximate surface area is 114 Å². The van der Waals surface area contributed by atoms with Crippen molar-refractivity contribution < 1.29 is 4.79 Å². The average molecular weight is 269 g/mol. The van der Waals surface area contributed by atoms with Crippen LogP contribution in [-0.2, 0) is 11.3 Å². The minimum atomic E-state index is 0.104. The van der Waals surface area contributed by atoms with Gasteiger partial charge in [-0.2, -0.15) is 0 Å². The van der Waals surface area contributed by atoms with Gasteiger partial charge in [0.25, 0.3) is 0 Å². The summed E-state index contributed by atoms with van der Waals surface area (Å²) in [5, 5.41) is 6.87. The Kier molecular flexibility index (Phi) is 6.76. The lowest BCUT2D eigenvalue weighted by atomic mass is 10.2. The molecule has 0 aliphatic rings. The first-order chi connectivity index (χ1) is 8.58. The summed E-state index contributed by atoms with van der Waals surface area (Å²) in [7, 11) is 0. The van der Waals surface area contributed by atoms with Crippen molar-refractivity contribution in [2.75, 3.05) is 13.1 Å². The molecule has 0 bridgehead atoms. The highest BCUT2D eigenvalue weighted by atomic mass is 35.5. The summed E-state index contributed by atoms with van der Waals surface area (Å²) >= 11 is 5.80. The quantitative estimate of drug-likeness (QED) is 0.747. The second-order valence-electron chi connectivity index (χ2n) is 4.75. The maximum Gasteiger partial charge on any atom is 0.221 e. The van der Waals surface area contributed by atoms with Gasteiger partial charge in [0.1, 0.15) is 0 Å². The molecule has 3 nitrogen and oxygen atoms in total. The van der Waals surface area contributed by atoms with Crippen molar-refractivity contribution in [1.29, 1.82) is 0 Å². The third-order valence-corrected chi connectivity index (χ3v) is 2.73. The van der Waals surface area contributed by atoms with Crippen molar-refractivity contribution >= 4 is 17.5 Å². The van der Waals surface area contributed by atoms with Gasteiger partial charge in [0.15, 0.2) is 0 Å². The van der Waals surface area contributed by atoms with Crippen LogP contribution < -0.4 is 10.6 Å². The molecule has 0 spiro atoms. The van der Waals surface area contributed by atoms with E-state index in [0.29, 0.717) is 18.9 Å². The van der Waals surface area contributed by atoms with Gasteiger partial charge in [0.05, 0.1) is 0 Å². The third kappa shape index (κ3) is 6.62. The zero-order valence-electron chi connectivity index (χ0n) is 11.0. The molecular weight excluding hydrogens is 248 g/mol. The first kappa shape index (κ1) is 15.0. The van der Waals surface area contributed by atoms with E-state index in [1.54, 1.807) is 0 Å². The average Bonchev–Trinajstić information content (AvgIpc) is 2.34. The van der Waals surface area contributed by atoms with Crippen LogP contribution in [-0.4, -0.2) is 19.0 Å². The number of halogens is 1. The van der Waals surface area contributed by atoms with Gasteiger partial charge in [-0.25, -0.2) is 0 Å². The van der Waals surface area contributed by atoms with Crippen LogP contribution in [0.5, 0.6) is 0 Å². The largest absolute Gasteiger partial charge is 0.356 e. The predicted octanol–water partition coefficient (Wildman–Crippen LogP) is 2.59. The molecule has 4 heteroatoms. The van der Waals surface area contributed by atoms with Gasteiger partial charge >= 0.3 is 0 Å². The lowest BCUT2D eigenvalue weighted by Crippen LogP contribution is -2.30. The van der Waals surface area contributed by atoms with Crippen LogP contribution in [0, 0.1) is 5.92 Å². The molecule has 0 saturated heterocycles. The maximum atomic E-state index is 11.4. The number of hydrogen-bond donors (Lipinski definition) is 2. The predicted molar refractivity (Wildman–Crippen MR) is 75.6 cm³/mol. The lowest BCUT2D eigenvalue weighted by Gasteiger charge is -2.08. The Bertz CT molecular complexity index is 363. The van der Waals surface area contributed by atoms with E-state index in [0.717, 1.165) is 18.1 Å². The van der Waals surface area contributed by atoms with Gasteiger partial charge in [-0.1, -0.05) is 37.6 Å². The van der Waals surface area contributed by atoms with E-state index in [2.05, 4.69) is 24.5 Å². The second-order valence-corrected chi connectivity index (χ2v) is 5.19. The molecule has 1 rings (SSSR count). The van der Waals surface area contributed by atoms with Crippen molar-refractivity contribution in [2.24, 2.45) is 5.92 Å². The molecule has 0 unspecified atom stereocenters. The molecule has 1 aromatic carbocycles. The van der Waals surface area contributed by atoms with E-state index in [9.17, 15) is 4.79 Å². The van der Waals surface area contributed by atoms with Crippen LogP contribution >= 0.6 is 11.6 Å². The van der Waals surface area contributed by atoms with E-state index in [-0.39, 0.29) is 5.91 Å². The van der Waals surface area contributed by atoms with E-state index in [1.807, 2.05) is 24.3 Å². The number of hydrogen-bond acceptors (Lipinski definition) is 2. The second kappa shape index (κ2) is 8.11. The van der Waals surface area contributed by atoms with Gasteiger partial charge < -0.3 is 10.6 Å². The summed E-state index contributed by atoms with van der Waals surface area (Å²) in [6.45, 7) is 6.36. The summed E-state index contributed by atoms with van der Waals surface area (Å²) in [5.41, 5.74) is 1.17. The molecule has 0 radical (unpaired) electrons. The Morgan fingerprint density at radius 2 is 1.94 bits per heavy atom. The summed E-state index contributed by atoms with van der Waals surface area (Å²) in [4.78, 5) is 11.4. The Morgan fingerprint density at radius 3 is 2.56 bits per heavy atom. The zero-order valence-corrected chi connectivity index (χ0v) is 11.8. The molecule has 0 heterocycles. The van der Waals surface area contributed by atoms with Gasteiger partial charge in [-0.05, 0) is 23.6 Å². The maximum absolute atomic E-state index is 11.4. The molecule has 0 fully saturated rings. The van der Waals surface area contributed by atoms with Gasteiger partial charge in [0.2, 0.25) is 5.91 Å². The SMILES string of the molecule is CC(C)CNC(=O)CCNCc1ccc(Cl)cc1. The summed E-state index contributed by atoms with van der Waals surface area (Å²) in [6, 6.07) is 7.70. The highest BCUT2D eigenvalue weighted by Crippen LogP contribution is 2.08. The fraction of sp³-hybridized carbons (Fsp3) is 0.500. The van der Waals surface area contributed by atoms with Crippen LogP contribution in [0.4, 0.5) is 0 Å². The lowest BCUT2D eigenvalue weighted by molar-refractivity contribution is -0.121. The van der Waals surface area contributed by atoms with Gasteiger partial charge in [0, 0.05) is 31.1 Å². The van der Waals surface area contributed by atoms with Gasteiger partial charge in [-0.15, -0.1) is 0 Å². The fourth-order valence-electron chi connectivity index (χ4n) is 1.44. The Balaban J connectivity index is 2.11. The van der Waals surface area contributed by atoms with Crippen LogP contribution in [0.3, 0.4) is 0 Å². The molecule has 18 heavy (non-hydrogen) atoms. The highest BCUT2D eigenvalue weighted by molar-refractivity contribution is 6.30. The number of nitrogens with one attached hydrogen (secondary N) is 2. The molecular formula is C14H21ClN2O. The number of rotatable bonds is 7. The first-order valence-electron chi connectivity index (χ1n) is 6.30. The third-order valence-electron chi connectivity index (χ3n) is 2.48.